The van der Waals surface area contributed by atoms with Crippen LogP contribution >= 0.6 is 11.6 Å². The Morgan fingerprint density at radius 1 is 1.11 bits per heavy atom. The van der Waals surface area contributed by atoms with E-state index in [0.717, 1.165) is 26.2 Å². The highest BCUT2D eigenvalue weighted by molar-refractivity contribution is 6.33. The van der Waals surface area contributed by atoms with Gasteiger partial charge in [-0.3, -0.25) is 14.5 Å². The van der Waals surface area contributed by atoms with E-state index in [2.05, 4.69) is 15.1 Å². The summed E-state index contributed by atoms with van der Waals surface area (Å²) in [6.07, 6.45) is 0.424. The Labute approximate surface area is 171 Å². The lowest BCUT2D eigenvalue weighted by Crippen LogP contribution is -2.56. The number of hydrogen-bond donors (Lipinski definition) is 1. The van der Waals surface area contributed by atoms with Crippen LogP contribution in [0, 0.1) is 0 Å². The topological polar surface area (TPSA) is 65.1 Å². The monoisotopic (exact) mass is 408 g/mol. The van der Waals surface area contributed by atoms with E-state index in [1.165, 1.54) is 0 Å². The molecule has 1 aromatic rings. The Balaban J connectivity index is 1.38. The van der Waals surface area contributed by atoms with Crippen molar-refractivity contribution in [3.05, 3.63) is 29.3 Å². The first-order valence-corrected chi connectivity index (χ1v) is 10.3. The smallest absolute Gasteiger partial charge is 0.239 e. The van der Waals surface area contributed by atoms with Crippen LogP contribution in [0.2, 0.25) is 5.02 Å². The first-order chi connectivity index (χ1) is 13.5. The zero-order chi connectivity index (χ0) is 19.9. The zero-order valence-corrected chi connectivity index (χ0v) is 17.2. The minimum atomic E-state index is -0.108. The number of ether oxygens (including phenoxy) is 1. The van der Waals surface area contributed by atoms with Crippen LogP contribution in [-0.4, -0.2) is 91.6 Å². The van der Waals surface area contributed by atoms with Gasteiger partial charge in [0.1, 0.15) is 0 Å². The standard InChI is InChI=1S/C20H29ClN4O3/c1-16(20(27)25-12-14-28-15-13-25)24-10-8-23(9-11-24)7-6-19(26)22-18-5-3-2-4-17(18)21/h2-5,16H,6-15H2,1H3,(H,22,26). The van der Waals surface area contributed by atoms with Gasteiger partial charge in [0, 0.05) is 52.2 Å². The predicted molar refractivity (Wildman–Crippen MR) is 110 cm³/mol. The molecule has 3 rings (SSSR count). The van der Waals surface area contributed by atoms with Gasteiger partial charge in [-0.25, -0.2) is 0 Å². The number of halogens is 1. The molecule has 0 bridgehead atoms. The molecule has 2 saturated heterocycles. The number of morpholine rings is 1. The van der Waals surface area contributed by atoms with Crippen LogP contribution in [0.1, 0.15) is 13.3 Å². The normalized spacial score (nSPS) is 20.0. The summed E-state index contributed by atoms with van der Waals surface area (Å²) in [6, 6.07) is 7.13. The fraction of sp³-hybridized carbons (Fsp3) is 0.600. The minimum Gasteiger partial charge on any atom is -0.378 e. The third kappa shape index (κ3) is 5.67. The molecular formula is C20H29ClN4O3. The first kappa shape index (κ1) is 21.0. The highest BCUT2D eigenvalue weighted by Crippen LogP contribution is 2.20. The van der Waals surface area contributed by atoms with Crippen LogP contribution < -0.4 is 5.32 Å². The van der Waals surface area contributed by atoms with Crippen molar-refractivity contribution >= 4 is 29.1 Å². The molecule has 2 aliphatic rings. The molecule has 1 atom stereocenters. The quantitative estimate of drug-likeness (QED) is 0.773. The number of hydrogen-bond acceptors (Lipinski definition) is 5. The van der Waals surface area contributed by atoms with Crippen molar-refractivity contribution in [2.45, 2.75) is 19.4 Å². The molecule has 8 heteroatoms. The van der Waals surface area contributed by atoms with Crippen molar-refractivity contribution in [2.75, 3.05) is 64.3 Å². The summed E-state index contributed by atoms with van der Waals surface area (Å²) in [5.41, 5.74) is 0.648. The Bertz CT molecular complexity index is 673. The van der Waals surface area contributed by atoms with Crippen molar-refractivity contribution in [2.24, 2.45) is 0 Å². The molecule has 0 saturated carbocycles. The van der Waals surface area contributed by atoms with Crippen LogP contribution in [0.4, 0.5) is 5.69 Å². The summed E-state index contributed by atoms with van der Waals surface area (Å²) < 4.78 is 5.33. The number of nitrogens with one attached hydrogen (secondary N) is 1. The molecule has 1 unspecified atom stereocenters. The van der Waals surface area contributed by atoms with E-state index in [1.54, 1.807) is 12.1 Å². The minimum absolute atomic E-state index is 0.0357. The summed E-state index contributed by atoms with van der Waals surface area (Å²) in [6.45, 7) is 8.71. The van der Waals surface area contributed by atoms with Crippen LogP contribution in [0.25, 0.3) is 0 Å². The van der Waals surface area contributed by atoms with Gasteiger partial charge in [-0.15, -0.1) is 0 Å². The summed E-state index contributed by atoms with van der Waals surface area (Å²) in [5, 5.41) is 3.40. The summed E-state index contributed by atoms with van der Waals surface area (Å²) in [4.78, 5) is 31.2. The molecule has 0 aliphatic carbocycles. The van der Waals surface area contributed by atoms with Gasteiger partial charge in [-0.2, -0.15) is 0 Å². The molecule has 2 aliphatic heterocycles. The van der Waals surface area contributed by atoms with Crippen molar-refractivity contribution in [3.8, 4) is 0 Å². The molecular weight excluding hydrogens is 380 g/mol. The lowest BCUT2D eigenvalue weighted by Gasteiger charge is -2.39. The molecule has 2 fully saturated rings. The van der Waals surface area contributed by atoms with E-state index in [4.69, 9.17) is 16.3 Å². The highest BCUT2D eigenvalue weighted by atomic mass is 35.5. The largest absolute Gasteiger partial charge is 0.378 e. The maximum Gasteiger partial charge on any atom is 0.239 e. The molecule has 0 spiro atoms. The lowest BCUT2D eigenvalue weighted by molar-refractivity contribution is -0.141. The number of amides is 2. The molecule has 0 aromatic heterocycles. The molecule has 154 valence electrons. The predicted octanol–water partition coefficient (Wildman–Crippen LogP) is 1.53. The van der Waals surface area contributed by atoms with E-state index in [9.17, 15) is 9.59 Å². The van der Waals surface area contributed by atoms with E-state index in [-0.39, 0.29) is 17.9 Å². The molecule has 1 N–H and O–H groups in total. The fourth-order valence-electron chi connectivity index (χ4n) is 3.61. The maximum absolute atomic E-state index is 12.6. The van der Waals surface area contributed by atoms with Crippen molar-refractivity contribution in [1.29, 1.82) is 0 Å². The number of rotatable bonds is 6. The molecule has 7 nitrogen and oxygen atoms in total. The van der Waals surface area contributed by atoms with Gasteiger partial charge in [-0.05, 0) is 19.1 Å². The Hall–Kier alpha value is -1.67. The fourth-order valence-corrected chi connectivity index (χ4v) is 3.80. The average molecular weight is 409 g/mol. The molecule has 28 heavy (non-hydrogen) atoms. The first-order valence-electron chi connectivity index (χ1n) is 9.92. The van der Waals surface area contributed by atoms with E-state index in [1.807, 2.05) is 24.0 Å². The van der Waals surface area contributed by atoms with E-state index in [0.29, 0.717) is 50.0 Å². The summed E-state index contributed by atoms with van der Waals surface area (Å²) in [5.74, 6) is 0.155. The third-order valence-corrected chi connectivity index (χ3v) is 5.77. The number of carbonyl (C=O) groups is 2. The van der Waals surface area contributed by atoms with Crippen molar-refractivity contribution in [3.63, 3.8) is 0 Å². The number of benzene rings is 1. The van der Waals surface area contributed by atoms with Crippen LogP contribution in [0.15, 0.2) is 24.3 Å². The van der Waals surface area contributed by atoms with Gasteiger partial charge in [0.2, 0.25) is 11.8 Å². The number of carbonyl (C=O) groups excluding carboxylic acids is 2. The lowest BCUT2D eigenvalue weighted by atomic mass is 10.2. The Kier molecular flexibility index (Phi) is 7.67. The van der Waals surface area contributed by atoms with Crippen molar-refractivity contribution < 1.29 is 14.3 Å². The zero-order valence-electron chi connectivity index (χ0n) is 16.4. The van der Waals surface area contributed by atoms with Gasteiger partial charge >= 0.3 is 0 Å². The molecule has 0 radical (unpaired) electrons. The number of piperazine rings is 1. The second-order valence-electron chi connectivity index (χ2n) is 7.27. The highest BCUT2D eigenvalue weighted by Gasteiger charge is 2.29. The van der Waals surface area contributed by atoms with Gasteiger partial charge < -0.3 is 19.9 Å². The van der Waals surface area contributed by atoms with E-state index < -0.39 is 0 Å². The van der Waals surface area contributed by atoms with Crippen LogP contribution in [-0.2, 0) is 14.3 Å². The van der Waals surface area contributed by atoms with Gasteiger partial charge in [0.25, 0.3) is 0 Å². The number of para-hydroxylation sites is 1. The third-order valence-electron chi connectivity index (χ3n) is 5.44. The Morgan fingerprint density at radius 3 is 2.46 bits per heavy atom. The Morgan fingerprint density at radius 2 is 1.79 bits per heavy atom. The summed E-state index contributed by atoms with van der Waals surface area (Å²) >= 11 is 6.08. The molecule has 2 amide bonds. The van der Waals surface area contributed by atoms with Gasteiger partial charge in [-0.1, -0.05) is 23.7 Å². The molecule has 1 aromatic carbocycles. The second kappa shape index (κ2) is 10.2. The average Bonchev–Trinajstić information content (AvgIpc) is 2.74. The SMILES string of the molecule is CC(C(=O)N1CCOCC1)N1CCN(CCC(=O)Nc2ccccc2Cl)CC1. The molecule has 2 heterocycles. The summed E-state index contributed by atoms with van der Waals surface area (Å²) in [7, 11) is 0. The number of nitrogens with zero attached hydrogens (tertiary/aromatic N) is 3. The van der Waals surface area contributed by atoms with Crippen LogP contribution in [0.3, 0.4) is 0 Å². The number of anilines is 1. The van der Waals surface area contributed by atoms with E-state index >= 15 is 0 Å². The van der Waals surface area contributed by atoms with Gasteiger partial charge in [0.15, 0.2) is 0 Å². The second-order valence-corrected chi connectivity index (χ2v) is 7.68. The van der Waals surface area contributed by atoms with Gasteiger partial charge in [0.05, 0.1) is 30.0 Å². The maximum atomic E-state index is 12.6. The van der Waals surface area contributed by atoms with Crippen LogP contribution in [0.5, 0.6) is 0 Å². The van der Waals surface area contributed by atoms with Crippen molar-refractivity contribution in [1.82, 2.24) is 14.7 Å².